The van der Waals surface area contributed by atoms with Gasteiger partial charge in [0.1, 0.15) is 5.75 Å². The van der Waals surface area contributed by atoms with E-state index in [-0.39, 0.29) is 12.0 Å². The van der Waals surface area contributed by atoms with Crippen molar-refractivity contribution >= 4 is 12.1 Å². The number of rotatable bonds is 5. The minimum absolute atomic E-state index is 0.136. The molecular weight excluding hydrogens is 324 g/mol. The molecule has 1 saturated carbocycles. The molecule has 138 valence electrons. The van der Waals surface area contributed by atoms with Crippen LogP contribution < -0.4 is 4.74 Å². The summed E-state index contributed by atoms with van der Waals surface area (Å²) in [5, 5.41) is 0. The summed E-state index contributed by atoms with van der Waals surface area (Å²) in [6.07, 6.45) is 7.55. The van der Waals surface area contributed by atoms with Gasteiger partial charge in [-0.25, -0.2) is 0 Å². The first-order valence-electron chi connectivity index (χ1n) is 9.83. The van der Waals surface area contributed by atoms with Crippen LogP contribution in [0.2, 0.25) is 0 Å². The fraction of sp³-hybridized carbons (Fsp3) is 0.545. The Morgan fingerprint density at radius 1 is 1.23 bits per heavy atom. The third kappa shape index (κ3) is 3.42. The van der Waals surface area contributed by atoms with Gasteiger partial charge in [-0.15, -0.1) is 0 Å². The average Bonchev–Trinajstić information content (AvgIpc) is 3.30. The van der Waals surface area contributed by atoms with Gasteiger partial charge in [0.05, 0.1) is 12.6 Å². The monoisotopic (exact) mass is 352 g/mol. The minimum Gasteiger partial charge on any atom is -0.491 e. The highest BCUT2D eigenvalue weighted by atomic mass is 16.5. The molecule has 26 heavy (non-hydrogen) atoms. The van der Waals surface area contributed by atoms with Gasteiger partial charge in [0.15, 0.2) is 0 Å². The summed E-state index contributed by atoms with van der Waals surface area (Å²) in [7, 11) is 0. The Balaban J connectivity index is 1.56. The standard InChI is InChI=1S/C22H28N2O2/c1-14(2)26-20-8-9-21(15(3)10-20)22(25)24(18-6-7-18)19-5-4-16-12-23-13-17(16)11-19/h8-10,13-14,18-19H,4-7,11-12H2,1-3H3. The van der Waals surface area contributed by atoms with Gasteiger partial charge in [-0.2, -0.15) is 0 Å². The number of carbonyl (C=O) groups excluding carboxylic acids is 1. The lowest BCUT2D eigenvalue weighted by Crippen LogP contribution is -2.43. The summed E-state index contributed by atoms with van der Waals surface area (Å²) in [6.45, 7) is 6.91. The Morgan fingerprint density at radius 2 is 2.04 bits per heavy atom. The van der Waals surface area contributed by atoms with Crippen molar-refractivity contribution in [3.8, 4) is 5.75 Å². The van der Waals surface area contributed by atoms with E-state index in [4.69, 9.17) is 4.74 Å². The first-order chi connectivity index (χ1) is 12.5. The van der Waals surface area contributed by atoms with E-state index in [2.05, 4.69) is 9.89 Å². The molecule has 4 nitrogen and oxygen atoms in total. The van der Waals surface area contributed by atoms with Crippen LogP contribution in [-0.2, 0) is 0 Å². The maximum Gasteiger partial charge on any atom is 0.254 e. The molecule has 0 N–H and O–H groups in total. The summed E-state index contributed by atoms with van der Waals surface area (Å²) >= 11 is 0. The Bertz CT molecular complexity index is 774. The van der Waals surface area contributed by atoms with Crippen LogP contribution in [0.4, 0.5) is 0 Å². The van der Waals surface area contributed by atoms with Gasteiger partial charge in [-0.3, -0.25) is 9.79 Å². The molecule has 1 atom stereocenters. The maximum absolute atomic E-state index is 13.4. The number of aryl methyl sites for hydroxylation is 1. The highest BCUT2D eigenvalue weighted by Gasteiger charge is 2.39. The van der Waals surface area contributed by atoms with Gasteiger partial charge in [-0.1, -0.05) is 0 Å². The van der Waals surface area contributed by atoms with Gasteiger partial charge < -0.3 is 9.64 Å². The quantitative estimate of drug-likeness (QED) is 0.792. The Labute approximate surface area is 155 Å². The van der Waals surface area contributed by atoms with Crippen molar-refractivity contribution in [2.45, 2.75) is 71.1 Å². The zero-order chi connectivity index (χ0) is 18.3. The van der Waals surface area contributed by atoms with Gasteiger partial charge in [0.25, 0.3) is 5.91 Å². The van der Waals surface area contributed by atoms with Crippen LogP contribution in [0.15, 0.2) is 34.3 Å². The van der Waals surface area contributed by atoms with Crippen molar-refractivity contribution in [2.24, 2.45) is 4.99 Å². The lowest BCUT2D eigenvalue weighted by Gasteiger charge is -2.35. The van der Waals surface area contributed by atoms with Crippen LogP contribution in [0, 0.1) is 6.92 Å². The van der Waals surface area contributed by atoms with Crippen LogP contribution in [-0.4, -0.2) is 41.8 Å². The van der Waals surface area contributed by atoms with Gasteiger partial charge in [0, 0.05) is 23.9 Å². The summed E-state index contributed by atoms with van der Waals surface area (Å²) in [4.78, 5) is 20.0. The largest absolute Gasteiger partial charge is 0.491 e. The molecule has 0 spiro atoms. The number of carbonyl (C=O) groups is 1. The first-order valence-corrected chi connectivity index (χ1v) is 9.83. The molecule has 0 bridgehead atoms. The third-order valence-electron chi connectivity index (χ3n) is 5.59. The molecule has 4 rings (SSSR count). The van der Waals surface area contributed by atoms with Crippen molar-refractivity contribution in [1.82, 2.24) is 4.90 Å². The molecule has 1 amide bonds. The molecule has 1 aliphatic heterocycles. The molecule has 4 heteroatoms. The Morgan fingerprint density at radius 3 is 2.73 bits per heavy atom. The van der Waals surface area contributed by atoms with E-state index in [0.717, 1.165) is 55.5 Å². The van der Waals surface area contributed by atoms with Gasteiger partial charge in [-0.05, 0) is 87.8 Å². The lowest BCUT2D eigenvalue weighted by molar-refractivity contribution is 0.0644. The second-order valence-corrected chi connectivity index (χ2v) is 8.08. The maximum atomic E-state index is 13.4. The van der Waals surface area contributed by atoms with E-state index in [1.54, 1.807) is 0 Å². The third-order valence-corrected chi connectivity index (χ3v) is 5.59. The molecule has 0 saturated heterocycles. The predicted molar refractivity (Wildman–Crippen MR) is 104 cm³/mol. The number of hydrogen-bond donors (Lipinski definition) is 0. The van der Waals surface area contributed by atoms with Crippen LogP contribution in [0.1, 0.15) is 61.9 Å². The predicted octanol–water partition coefficient (Wildman–Crippen LogP) is 4.32. The van der Waals surface area contributed by atoms with Gasteiger partial charge in [0.2, 0.25) is 0 Å². The second kappa shape index (κ2) is 6.90. The van der Waals surface area contributed by atoms with E-state index in [1.807, 2.05) is 45.2 Å². The second-order valence-electron chi connectivity index (χ2n) is 8.08. The number of benzene rings is 1. The Kier molecular flexibility index (Phi) is 4.60. The van der Waals surface area contributed by atoms with E-state index >= 15 is 0 Å². The molecule has 2 aliphatic carbocycles. The summed E-state index contributed by atoms with van der Waals surface area (Å²) in [5.41, 5.74) is 4.66. The molecule has 1 aromatic rings. The molecule has 3 aliphatic rings. The fourth-order valence-electron chi connectivity index (χ4n) is 4.17. The van der Waals surface area contributed by atoms with Crippen LogP contribution in [0.5, 0.6) is 5.75 Å². The average molecular weight is 352 g/mol. The smallest absolute Gasteiger partial charge is 0.254 e. The number of amides is 1. The van der Waals surface area contributed by atoms with Crippen LogP contribution in [0.3, 0.4) is 0 Å². The van der Waals surface area contributed by atoms with Crippen molar-refractivity contribution in [1.29, 1.82) is 0 Å². The molecule has 1 fully saturated rings. The highest BCUT2D eigenvalue weighted by Crippen LogP contribution is 2.38. The summed E-state index contributed by atoms with van der Waals surface area (Å²) in [6, 6.07) is 6.58. The van der Waals surface area contributed by atoms with E-state index in [0.29, 0.717) is 12.1 Å². The number of nitrogens with zero attached hydrogens (tertiary/aromatic N) is 2. The molecule has 1 unspecified atom stereocenters. The van der Waals surface area contributed by atoms with E-state index in [9.17, 15) is 4.79 Å². The summed E-state index contributed by atoms with van der Waals surface area (Å²) < 4.78 is 5.77. The van der Waals surface area contributed by atoms with Crippen molar-refractivity contribution in [3.05, 3.63) is 40.5 Å². The zero-order valence-corrected chi connectivity index (χ0v) is 16.0. The van der Waals surface area contributed by atoms with E-state index < -0.39 is 0 Å². The molecular formula is C22H28N2O2. The minimum atomic E-state index is 0.136. The van der Waals surface area contributed by atoms with Crippen molar-refractivity contribution < 1.29 is 9.53 Å². The van der Waals surface area contributed by atoms with Crippen LogP contribution in [0.25, 0.3) is 0 Å². The topological polar surface area (TPSA) is 41.9 Å². The first kappa shape index (κ1) is 17.3. The van der Waals surface area contributed by atoms with Crippen LogP contribution >= 0.6 is 0 Å². The summed E-state index contributed by atoms with van der Waals surface area (Å²) in [5.74, 6) is 1.02. The fourth-order valence-corrected chi connectivity index (χ4v) is 4.17. The van der Waals surface area contributed by atoms with Gasteiger partial charge >= 0.3 is 0 Å². The SMILES string of the molecule is Cc1cc(OC(C)C)ccc1C(=O)N(C1CC1)C1CCC2=C(C=NC2)C1. The normalized spacial score (nSPS) is 21.9. The molecule has 1 heterocycles. The molecule has 1 aromatic carbocycles. The molecule has 0 aromatic heterocycles. The molecule has 0 radical (unpaired) electrons. The van der Waals surface area contributed by atoms with Crippen molar-refractivity contribution in [3.63, 3.8) is 0 Å². The van der Waals surface area contributed by atoms with E-state index in [1.165, 1.54) is 11.1 Å². The zero-order valence-electron chi connectivity index (χ0n) is 16.0. The number of hydrogen-bond acceptors (Lipinski definition) is 3. The number of ether oxygens (including phenoxy) is 1. The highest BCUT2D eigenvalue weighted by molar-refractivity contribution is 5.96. The Hall–Kier alpha value is -2.10. The lowest BCUT2D eigenvalue weighted by atomic mass is 9.88. The number of aliphatic imine (C=N–C) groups is 1. The van der Waals surface area contributed by atoms with Crippen molar-refractivity contribution in [2.75, 3.05) is 6.54 Å².